The maximum absolute atomic E-state index is 5.86. The van der Waals surface area contributed by atoms with E-state index in [0.717, 1.165) is 16.8 Å². The molecule has 1 fully saturated rings. The average Bonchev–Trinajstić information content (AvgIpc) is 2.76. The number of alkyl halides is 1. The molecule has 1 aliphatic rings. The summed E-state index contributed by atoms with van der Waals surface area (Å²) in [5.74, 6) is 2.15. The zero-order chi connectivity index (χ0) is 11.4. The first-order valence-electron chi connectivity index (χ1n) is 5.84. The quantitative estimate of drug-likeness (QED) is 0.769. The van der Waals surface area contributed by atoms with Gasteiger partial charge in [0.2, 0.25) is 5.89 Å². The minimum Gasteiger partial charge on any atom is -0.338 e. The standard InChI is InChI=1S/C11H17ClN2OS/c1-8(12)11-13-10(14-15-11)7-16-9-5-3-2-4-6-9/h8-9H,2-7H2,1H3. The summed E-state index contributed by atoms with van der Waals surface area (Å²) in [5, 5.41) is 4.52. The van der Waals surface area contributed by atoms with Crippen molar-refractivity contribution in [2.75, 3.05) is 0 Å². The predicted octanol–water partition coefficient (Wildman–Crippen LogP) is 3.94. The van der Waals surface area contributed by atoms with Crippen LogP contribution in [0.4, 0.5) is 0 Å². The van der Waals surface area contributed by atoms with E-state index in [1.807, 2.05) is 18.7 Å². The van der Waals surface area contributed by atoms with Crippen LogP contribution in [-0.2, 0) is 5.75 Å². The third kappa shape index (κ3) is 3.39. The van der Waals surface area contributed by atoms with Crippen molar-refractivity contribution in [3.05, 3.63) is 11.7 Å². The Morgan fingerprint density at radius 3 is 2.81 bits per heavy atom. The van der Waals surface area contributed by atoms with Crippen molar-refractivity contribution >= 4 is 23.4 Å². The van der Waals surface area contributed by atoms with Crippen LogP contribution in [0.15, 0.2) is 4.52 Å². The highest BCUT2D eigenvalue weighted by Crippen LogP contribution is 2.30. The first-order chi connectivity index (χ1) is 7.75. The molecule has 0 aromatic carbocycles. The molecule has 1 heterocycles. The van der Waals surface area contributed by atoms with Gasteiger partial charge in [0.15, 0.2) is 5.82 Å². The van der Waals surface area contributed by atoms with Crippen LogP contribution in [0, 0.1) is 0 Å². The monoisotopic (exact) mass is 260 g/mol. The molecular formula is C11H17ClN2OS. The highest BCUT2D eigenvalue weighted by Gasteiger charge is 2.16. The predicted molar refractivity (Wildman–Crippen MR) is 66.7 cm³/mol. The number of rotatable bonds is 4. The second kappa shape index (κ2) is 5.92. The van der Waals surface area contributed by atoms with Crippen molar-refractivity contribution in [3.8, 4) is 0 Å². The molecule has 1 aromatic rings. The molecule has 1 unspecified atom stereocenters. The Morgan fingerprint density at radius 2 is 2.19 bits per heavy atom. The third-order valence-electron chi connectivity index (χ3n) is 2.82. The van der Waals surface area contributed by atoms with E-state index in [9.17, 15) is 0 Å². The van der Waals surface area contributed by atoms with E-state index in [1.54, 1.807) is 0 Å². The largest absolute Gasteiger partial charge is 0.338 e. The fraction of sp³-hybridized carbons (Fsp3) is 0.818. The molecule has 2 rings (SSSR count). The van der Waals surface area contributed by atoms with Crippen LogP contribution in [0.3, 0.4) is 0 Å². The van der Waals surface area contributed by atoms with E-state index in [1.165, 1.54) is 32.1 Å². The molecule has 1 aromatic heterocycles. The lowest BCUT2D eigenvalue weighted by Gasteiger charge is -2.19. The fourth-order valence-corrected chi connectivity index (χ4v) is 3.17. The van der Waals surface area contributed by atoms with Gasteiger partial charge in [-0.2, -0.15) is 16.7 Å². The van der Waals surface area contributed by atoms with Gasteiger partial charge >= 0.3 is 0 Å². The zero-order valence-electron chi connectivity index (χ0n) is 9.49. The molecule has 16 heavy (non-hydrogen) atoms. The number of halogens is 1. The number of aromatic nitrogens is 2. The van der Waals surface area contributed by atoms with Gasteiger partial charge in [-0.15, -0.1) is 11.6 Å². The first kappa shape index (κ1) is 12.2. The van der Waals surface area contributed by atoms with Crippen molar-refractivity contribution in [1.82, 2.24) is 10.1 Å². The SMILES string of the molecule is CC(Cl)c1nc(CSC2CCCCC2)no1. The minimum absolute atomic E-state index is 0.194. The van der Waals surface area contributed by atoms with E-state index in [-0.39, 0.29) is 5.38 Å². The molecule has 0 spiro atoms. The minimum atomic E-state index is -0.194. The molecular weight excluding hydrogens is 244 g/mol. The summed E-state index contributed by atoms with van der Waals surface area (Å²) in [7, 11) is 0. The summed E-state index contributed by atoms with van der Waals surface area (Å²) in [4.78, 5) is 4.26. The Balaban J connectivity index is 1.79. The highest BCUT2D eigenvalue weighted by molar-refractivity contribution is 7.99. The van der Waals surface area contributed by atoms with E-state index in [2.05, 4.69) is 10.1 Å². The summed E-state index contributed by atoms with van der Waals surface area (Å²) in [6.45, 7) is 1.84. The van der Waals surface area contributed by atoms with Gasteiger partial charge < -0.3 is 4.52 Å². The number of hydrogen-bond acceptors (Lipinski definition) is 4. The molecule has 0 N–H and O–H groups in total. The van der Waals surface area contributed by atoms with Gasteiger partial charge in [-0.25, -0.2) is 0 Å². The lowest BCUT2D eigenvalue weighted by Crippen LogP contribution is -2.08. The molecule has 5 heteroatoms. The Labute approximate surface area is 105 Å². The van der Waals surface area contributed by atoms with Crippen LogP contribution in [0.2, 0.25) is 0 Å². The fourth-order valence-electron chi connectivity index (χ4n) is 1.91. The Hall–Kier alpha value is -0.220. The van der Waals surface area contributed by atoms with E-state index < -0.39 is 0 Å². The van der Waals surface area contributed by atoms with Crippen molar-refractivity contribution in [2.24, 2.45) is 0 Å². The van der Waals surface area contributed by atoms with Gasteiger partial charge in [-0.05, 0) is 19.8 Å². The summed E-state index contributed by atoms with van der Waals surface area (Å²) in [6.07, 6.45) is 6.80. The van der Waals surface area contributed by atoms with Crippen molar-refractivity contribution < 1.29 is 4.52 Å². The van der Waals surface area contributed by atoms with Crippen molar-refractivity contribution in [2.45, 2.75) is 55.4 Å². The van der Waals surface area contributed by atoms with E-state index in [4.69, 9.17) is 16.1 Å². The third-order valence-corrected chi connectivity index (χ3v) is 4.38. The molecule has 1 saturated carbocycles. The number of nitrogens with zero attached hydrogens (tertiary/aromatic N) is 2. The average molecular weight is 261 g/mol. The second-order valence-corrected chi connectivity index (χ2v) is 6.18. The molecule has 0 aliphatic heterocycles. The van der Waals surface area contributed by atoms with Crippen LogP contribution < -0.4 is 0 Å². The molecule has 90 valence electrons. The van der Waals surface area contributed by atoms with Gasteiger partial charge in [0, 0.05) is 5.25 Å². The Bertz CT molecular complexity index is 324. The second-order valence-electron chi connectivity index (χ2n) is 4.24. The number of hydrogen-bond donors (Lipinski definition) is 0. The van der Waals surface area contributed by atoms with Gasteiger partial charge in [-0.3, -0.25) is 0 Å². The van der Waals surface area contributed by atoms with E-state index in [0.29, 0.717) is 5.89 Å². The molecule has 0 amide bonds. The van der Waals surface area contributed by atoms with Gasteiger partial charge in [0.05, 0.1) is 5.75 Å². The lowest BCUT2D eigenvalue weighted by atomic mass is 10.0. The summed E-state index contributed by atoms with van der Waals surface area (Å²) >= 11 is 7.81. The van der Waals surface area contributed by atoms with Crippen LogP contribution in [0.1, 0.15) is 56.1 Å². The van der Waals surface area contributed by atoms with Gasteiger partial charge in [-0.1, -0.05) is 24.4 Å². The van der Waals surface area contributed by atoms with Gasteiger partial charge in [0.25, 0.3) is 0 Å². The summed E-state index contributed by atoms with van der Waals surface area (Å²) in [6, 6.07) is 0. The summed E-state index contributed by atoms with van der Waals surface area (Å²) < 4.78 is 5.06. The molecule has 0 radical (unpaired) electrons. The smallest absolute Gasteiger partial charge is 0.244 e. The lowest BCUT2D eigenvalue weighted by molar-refractivity contribution is 0.375. The van der Waals surface area contributed by atoms with E-state index >= 15 is 0 Å². The Kier molecular flexibility index (Phi) is 4.53. The van der Waals surface area contributed by atoms with Crippen LogP contribution in [0.5, 0.6) is 0 Å². The molecule has 1 aliphatic carbocycles. The normalized spacial score (nSPS) is 19.9. The molecule has 3 nitrogen and oxygen atoms in total. The highest BCUT2D eigenvalue weighted by atomic mass is 35.5. The first-order valence-corrected chi connectivity index (χ1v) is 7.32. The zero-order valence-corrected chi connectivity index (χ0v) is 11.1. The molecule has 1 atom stereocenters. The van der Waals surface area contributed by atoms with Crippen LogP contribution >= 0.6 is 23.4 Å². The number of thioether (sulfide) groups is 1. The molecule has 0 saturated heterocycles. The van der Waals surface area contributed by atoms with Crippen molar-refractivity contribution in [1.29, 1.82) is 0 Å². The van der Waals surface area contributed by atoms with Gasteiger partial charge in [0.1, 0.15) is 5.38 Å². The van der Waals surface area contributed by atoms with Crippen LogP contribution in [0.25, 0.3) is 0 Å². The maximum atomic E-state index is 5.86. The van der Waals surface area contributed by atoms with Crippen LogP contribution in [-0.4, -0.2) is 15.4 Å². The summed E-state index contributed by atoms with van der Waals surface area (Å²) in [5.41, 5.74) is 0. The maximum Gasteiger partial charge on any atom is 0.244 e. The molecule has 0 bridgehead atoms. The Morgan fingerprint density at radius 1 is 1.44 bits per heavy atom. The topological polar surface area (TPSA) is 38.9 Å². The van der Waals surface area contributed by atoms with Crippen molar-refractivity contribution in [3.63, 3.8) is 0 Å².